The molecule has 1 atom stereocenters. The Bertz CT molecular complexity index is 348. The maximum Gasteiger partial charge on any atom is 0.222 e. The van der Waals surface area contributed by atoms with Crippen molar-refractivity contribution in [2.24, 2.45) is 0 Å². The molecule has 1 aromatic rings. The number of aliphatic hydroxyl groups is 1. The van der Waals surface area contributed by atoms with Crippen LogP contribution in [-0.2, 0) is 4.79 Å². The fraction of sp³-hybridized carbons (Fsp3) is 0.400. The highest BCUT2D eigenvalue weighted by Crippen LogP contribution is 2.17. The van der Waals surface area contributed by atoms with Crippen molar-refractivity contribution >= 4 is 11.7 Å². The van der Waals surface area contributed by atoms with E-state index in [1.54, 1.807) is 13.1 Å². The zero-order chi connectivity index (χ0) is 10.7. The first kappa shape index (κ1) is 10.7. The summed E-state index contributed by atoms with van der Waals surface area (Å²) in [4.78, 5) is 14.8. The summed E-state index contributed by atoms with van der Waals surface area (Å²) in [6.45, 7) is 4.95. The topological polar surface area (TPSA) is 62.2 Å². The summed E-state index contributed by atoms with van der Waals surface area (Å²) in [7, 11) is 0. The maximum atomic E-state index is 10.8. The number of carbonyl (C=O) groups excluding carboxylic acids is 1. The molecule has 1 aromatic heterocycles. The molecule has 2 N–H and O–H groups in total. The largest absolute Gasteiger partial charge is 0.389 e. The van der Waals surface area contributed by atoms with E-state index in [1.165, 1.54) is 6.92 Å². The third kappa shape index (κ3) is 2.53. The number of rotatable bonds is 2. The average molecular weight is 194 g/mol. The monoisotopic (exact) mass is 194 g/mol. The zero-order valence-electron chi connectivity index (χ0n) is 8.53. The molecule has 0 bridgehead atoms. The molecule has 76 valence electrons. The minimum absolute atomic E-state index is 0.148. The van der Waals surface area contributed by atoms with Gasteiger partial charge in [-0.15, -0.1) is 0 Å². The molecule has 0 aliphatic carbocycles. The Morgan fingerprint density at radius 2 is 2.29 bits per heavy atom. The molecule has 0 saturated carbocycles. The number of anilines is 1. The average Bonchev–Trinajstić information content (AvgIpc) is 2.07. The van der Waals surface area contributed by atoms with Gasteiger partial charge in [-0.05, 0) is 31.0 Å². The quantitative estimate of drug-likeness (QED) is 0.748. The van der Waals surface area contributed by atoms with Crippen molar-refractivity contribution in [1.82, 2.24) is 4.98 Å². The van der Waals surface area contributed by atoms with Gasteiger partial charge in [-0.25, -0.2) is 4.98 Å². The minimum Gasteiger partial charge on any atom is -0.389 e. The second-order valence-corrected chi connectivity index (χ2v) is 3.29. The van der Waals surface area contributed by atoms with Crippen LogP contribution >= 0.6 is 0 Å². The van der Waals surface area contributed by atoms with Crippen molar-refractivity contribution in [3.8, 4) is 0 Å². The minimum atomic E-state index is -0.535. The number of amides is 1. The fourth-order valence-electron chi connectivity index (χ4n) is 1.12. The highest BCUT2D eigenvalue weighted by molar-refractivity contribution is 5.88. The first-order valence-corrected chi connectivity index (χ1v) is 4.43. The van der Waals surface area contributed by atoms with E-state index in [2.05, 4.69) is 10.3 Å². The van der Waals surface area contributed by atoms with Crippen LogP contribution in [0, 0.1) is 6.92 Å². The predicted molar refractivity (Wildman–Crippen MR) is 53.9 cm³/mol. The molecule has 0 aromatic carbocycles. The predicted octanol–water partition coefficient (Wildman–Crippen LogP) is 1.40. The SMILES string of the molecule is CC(=O)Nc1ncc([C@@H](C)O)cc1C. The molecule has 1 amide bonds. The lowest BCUT2D eigenvalue weighted by molar-refractivity contribution is -0.114. The van der Waals surface area contributed by atoms with Crippen LogP contribution in [0.25, 0.3) is 0 Å². The smallest absolute Gasteiger partial charge is 0.222 e. The van der Waals surface area contributed by atoms with Gasteiger partial charge in [0.1, 0.15) is 5.82 Å². The van der Waals surface area contributed by atoms with E-state index in [9.17, 15) is 9.90 Å². The number of carbonyl (C=O) groups is 1. The van der Waals surface area contributed by atoms with E-state index < -0.39 is 6.10 Å². The summed E-state index contributed by atoms with van der Waals surface area (Å²) in [5.74, 6) is 0.396. The van der Waals surface area contributed by atoms with Crippen molar-refractivity contribution in [2.45, 2.75) is 26.9 Å². The third-order valence-electron chi connectivity index (χ3n) is 1.88. The maximum absolute atomic E-state index is 10.8. The van der Waals surface area contributed by atoms with Gasteiger partial charge in [0.05, 0.1) is 6.10 Å². The van der Waals surface area contributed by atoms with Crippen molar-refractivity contribution in [1.29, 1.82) is 0 Å². The van der Waals surface area contributed by atoms with Gasteiger partial charge >= 0.3 is 0 Å². The summed E-state index contributed by atoms with van der Waals surface area (Å²) in [5.41, 5.74) is 1.59. The molecule has 0 aliphatic heterocycles. The van der Waals surface area contributed by atoms with E-state index in [4.69, 9.17) is 0 Å². The van der Waals surface area contributed by atoms with Gasteiger partial charge in [-0.2, -0.15) is 0 Å². The van der Waals surface area contributed by atoms with Crippen molar-refractivity contribution in [3.05, 3.63) is 23.4 Å². The molecule has 1 heterocycles. The van der Waals surface area contributed by atoms with Crippen LogP contribution in [0.15, 0.2) is 12.3 Å². The van der Waals surface area contributed by atoms with Crippen LogP contribution < -0.4 is 5.32 Å². The summed E-state index contributed by atoms with van der Waals surface area (Å²) >= 11 is 0. The highest BCUT2D eigenvalue weighted by atomic mass is 16.3. The summed E-state index contributed by atoms with van der Waals surface area (Å²) in [6, 6.07) is 1.81. The summed E-state index contributed by atoms with van der Waals surface area (Å²) < 4.78 is 0. The molecule has 4 heteroatoms. The first-order valence-electron chi connectivity index (χ1n) is 4.43. The van der Waals surface area contributed by atoms with E-state index in [1.807, 2.05) is 13.0 Å². The normalized spacial score (nSPS) is 12.3. The number of aryl methyl sites for hydroxylation is 1. The van der Waals surface area contributed by atoms with Crippen LogP contribution in [0.5, 0.6) is 0 Å². The lowest BCUT2D eigenvalue weighted by atomic mass is 10.1. The fourth-order valence-corrected chi connectivity index (χ4v) is 1.12. The first-order chi connectivity index (χ1) is 6.50. The number of aliphatic hydroxyl groups excluding tert-OH is 1. The molecule has 0 spiro atoms. The summed E-state index contributed by atoms with van der Waals surface area (Å²) in [5, 5.41) is 11.9. The number of pyridine rings is 1. The van der Waals surface area contributed by atoms with E-state index >= 15 is 0 Å². The van der Waals surface area contributed by atoms with Crippen LogP contribution in [0.1, 0.15) is 31.1 Å². The number of nitrogens with one attached hydrogen (secondary N) is 1. The van der Waals surface area contributed by atoms with Crippen molar-refractivity contribution in [2.75, 3.05) is 5.32 Å². The number of aromatic nitrogens is 1. The lowest BCUT2D eigenvalue weighted by Crippen LogP contribution is -2.09. The second kappa shape index (κ2) is 4.19. The standard InChI is InChI=1S/C10H14N2O2/c1-6-4-9(7(2)13)5-11-10(6)12-8(3)14/h4-5,7,13H,1-3H3,(H,11,12,14)/t7-/m1/s1. The molecule has 1 rings (SSSR count). The molecule has 0 unspecified atom stereocenters. The Hall–Kier alpha value is -1.42. The Morgan fingerprint density at radius 3 is 2.71 bits per heavy atom. The van der Waals surface area contributed by atoms with Gasteiger partial charge in [-0.3, -0.25) is 4.79 Å². The van der Waals surface area contributed by atoms with E-state index in [0.717, 1.165) is 11.1 Å². The number of hydrogen-bond donors (Lipinski definition) is 2. The third-order valence-corrected chi connectivity index (χ3v) is 1.88. The molecular formula is C10H14N2O2. The molecule has 0 radical (unpaired) electrons. The van der Waals surface area contributed by atoms with Gasteiger partial charge in [0.15, 0.2) is 0 Å². The summed E-state index contributed by atoms with van der Waals surface area (Å²) in [6.07, 6.45) is 1.02. The van der Waals surface area contributed by atoms with Crippen LogP contribution in [-0.4, -0.2) is 16.0 Å². The van der Waals surface area contributed by atoms with Crippen LogP contribution in [0.2, 0.25) is 0 Å². The van der Waals surface area contributed by atoms with Gasteiger partial charge in [0, 0.05) is 13.1 Å². The molecule has 14 heavy (non-hydrogen) atoms. The van der Waals surface area contributed by atoms with Crippen molar-refractivity contribution in [3.63, 3.8) is 0 Å². The Balaban J connectivity index is 2.95. The van der Waals surface area contributed by atoms with Gasteiger partial charge in [0.25, 0.3) is 0 Å². The van der Waals surface area contributed by atoms with Gasteiger partial charge in [-0.1, -0.05) is 0 Å². The Kier molecular flexibility index (Phi) is 3.19. The highest BCUT2D eigenvalue weighted by Gasteiger charge is 2.06. The van der Waals surface area contributed by atoms with Gasteiger partial charge in [0.2, 0.25) is 5.91 Å². The van der Waals surface area contributed by atoms with Crippen LogP contribution in [0.4, 0.5) is 5.82 Å². The Morgan fingerprint density at radius 1 is 1.64 bits per heavy atom. The van der Waals surface area contributed by atoms with Crippen LogP contribution in [0.3, 0.4) is 0 Å². The van der Waals surface area contributed by atoms with E-state index in [0.29, 0.717) is 5.82 Å². The zero-order valence-corrected chi connectivity index (χ0v) is 8.53. The van der Waals surface area contributed by atoms with E-state index in [-0.39, 0.29) is 5.91 Å². The Labute approximate surface area is 83.0 Å². The van der Waals surface area contributed by atoms with Gasteiger partial charge < -0.3 is 10.4 Å². The number of nitrogens with zero attached hydrogens (tertiary/aromatic N) is 1. The molecule has 4 nitrogen and oxygen atoms in total. The molecule has 0 saturated heterocycles. The number of hydrogen-bond acceptors (Lipinski definition) is 3. The molecule has 0 fully saturated rings. The second-order valence-electron chi connectivity index (χ2n) is 3.29. The molecular weight excluding hydrogens is 180 g/mol. The molecule has 0 aliphatic rings. The lowest BCUT2D eigenvalue weighted by Gasteiger charge is -2.09. The van der Waals surface area contributed by atoms with Crippen molar-refractivity contribution < 1.29 is 9.90 Å².